The number of hydrogen-bond donors (Lipinski definition) is 1. The van der Waals surface area contributed by atoms with Gasteiger partial charge in [0, 0.05) is 18.6 Å². The Morgan fingerprint density at radius 1 is 1.39 bits per heavy atom. The number of nitrogens with zero attached hydrogens (tertiary/aromatic N) is 1. The Kier molecular flexibility index (Phi) is 4.36. The highest BCUT2D eigenvalue weighted by molar-refractivity contribution is 5.16. The Hall–Kier alpha value is -0.930. The van der Waals surface area contributed by atoms with Crippen LogP contribution in [0.25, 0.3) is 0 Å². The Morgan fingerprint density at radius 3 is 2.89 bits per heavy atom. The van der Waals surface area contributed by atoms with E-state index in [0.29, 0.717) is 0 Å². The monoisotopic (exact) mass is 250 g/mol. The third-order valence-corrected chi connectivity index (χ3v) is 3.67. The fourth-order valence-corrected chi connectivity index (χ4v) is 2.85. The van der Waals surface area contributed by atoms with Crippen LogP contribution in [0.1, 0.15) is 31.7 Å². The highest BCUT2D eigenvalue weighted by Gasteiger charge is 2.27. The average molecular weight is 250 g/mol. The lowest BCUT2D eigenvalue weighted by molar-refractivity contribution is 0.182. The average Bonchev–Trinajstić information content (AvgIpc) is 2.28. The molecular weight excluding hydrogens is 227 g/mol. The molecule has 1 aromatic carbocycles. The third-order valence-electron chi connectivity index (χ3n) is 3.67. The molecule has 1 aliphatic rings. The van der Waals surface area contributed by atoms with E-state index in [0.717, 1.165) is 25.2 Å². The second kappa shape index (κ2) is 5.81. The Labute approximate surface area is 109 Å². The molecule has 1 atom stereocenters. The van der Waals surface area contributed by atoms with Crippen molar-refractivity contribution in [3.8, 4) is 0 Å². The lowest BCUT2D eigenvalue weighted by Crippen LogP contribution is -2.52. The first kappa shape index (κ1) is 13.5. The molecule has 100 valence electrons. The molecule has 0 amide bonds. The molecule has 3 heteroatoms. The fraction of sp³-hybridized carbons (Fsp3) is 0.600. The maximum atomic E-state index is 13.1. The van der Waals surface area contributed by atoms with E-state index < -0.39 is 0 Å². The van der Waals surface area contributed by atoms with Gasteiger partial charge < -0.3 is 10.2 Å². The summed E-state index contributed by atoms with van der Waals surface area (Å²) in [5.41, 5.74) is 1.25. The summed E-state index contributed by atoms with van der Waals surface area (Å²) in [5, 5.41) is 3.61. The van der Waals surface area contributed by atoms with E-state index in [1.807, 2.05) is 6.07 Å². The zero-order valence-electron chi connectivity index (χ0n) is 11.4. The largest absolute Gasteiger partial charge is 0.310 e. The smallest absolute Gasteiger partial charge is 0.123 e. The molecule has 1 unspecified atom stereocenters. The van der Waals surface area contributed by atoms with Crippen molar-refractivity contribution in [3.63, 3.8) is 0 Å². The molecule has 1 N–H and O–H groups in total. The molecule has 0 bridgehead atoms. The van der Waals surface area contributed by atoms with Crippen LogP contribution < -0.4 is 5.32 Å². The van der Waals surface area contributed by atoms with Gasteiger partial charge in [-0.25, -0.2) is 4.39 Å². The van der Waals surface area contributed by atoms with Crippen LogP contribution in [0.4, 0.5) is 4.39 Å². The summed E-state index contributed by atoms with van der Waals surface area (Å²) in [4.78, 5) is 2.27. The highest BCUT2D eigenvalue weighted by atomic mass is 19.1. The summed E-state index contributed by atoms with van der Waals surface area (Å²) in [6, 6.07) is 6.87. The van der Waals surface area contributed by atoms with Gasteiger partial charge in [-0.05, 0) is 51.1 Å². The predicted molar refractivity (Wildman–Crippen MR) is 73.0 cm³/mol. The molecule has 2 rings (SSSR count). The summed E-state index contributed by atoms with van der Waals surface area (Å²) < 4.78 is 13.1. The van der Waals surface area contributed by atoms with Crippen LogP contribution in [0.3, 0.4) is 0 Å². The maximum Gasteiger partial charge on any atom is 0.123 e. The summed E-state index contributed by atoms with van der Waals surface area (Å²) in [6.07, 6.45) is 3.81. The lowest BCUT2D eigenvalue weighted by Gasteiger charge is -2.38. The molecular formula is C15H23FN2. The van der Waals surface area contributed by atoms with Gasteiger partial charge in [-0.15, -0.1) is 0 Å². The number of likely N-dealkylation sites (N-methyl/N-ethyl adjacent to an activating group) is 1. The minimum atomic E-state index is -0.150. The van der Waals surface area contributed by atoms with Crippen molar-refractivity contribution in [3.05, 3.63) is 35.6 Å². The Morgan fingerprint density at radius 2 is 2.22 bits per heavy atom. The SMILES string of the molecule is CN(Cc1cccc(F)c1)CC1(C)CCCCN1. The van der Waals surface area contributed by atoms with E-state index in [1.165, 1.54) is 25.3 Å². The van der Waals surface area contributed by atoms with Crippen LogP contribution in [0, 0.1) is 5.82 Å². The lowest BCUT2D eigenvalue weighted by atomic mass is 9.90. The highest BCUT2D eigenvalue weighted by Crippen LogP contribution is 2.20. The summed E-state index contributed by atoms with van der Waals surface area (Å²) in [7, 11) is 2.10. The fourth-order valence-electron chi connectivity index (χ4n) is 2.85. The number of piperidine rings is 1. The molecule has 1 aromatic rings. The van der Waals surface area contributed by atoms with Crippen molar-refractivity contribution < 1.29 is 4.39 Å². The summed E-state index contributed by atoms with van der Waals surface area (Å²) >= 11 is 0. The minimum Gasteiger partial charge on any atom is -0.310 e. The van der Waals surface area contributed by atoms with Crippen LogP contribution in [0.15, 0.2) is 24.3 Å². The number of nitrogens with one attached hydrogen (secondary N) is 1. The molecule has 0 spiro atoms. The molecule has 1 saturated heterocycles. The van der Waals surface area contributed by atoms with Crippen molar-refractivity contribution >= 4 is 0 Å². The number of rotatable bonds is 4. The van der Waals surface area contributed by atoms with Crippen LogP contribution in [0.5, 0.6) is 0 Å². The topological polar surface area (TPSA) is 15.3 Å². The van der Waals surface area contributed by atoms with Gasteiger partial charge in [0.25, 0.3) is 0 Å². The zero-order chi connectivity index (χ0) is 13.0. The van der Waals surface area contributed by atoms with Gasteiger partial charge in [0.15, 0.2) is 0 Å². The molecule has 0 saturated carbocycles. The van der Waals surface area contributed by atoms with E-state index >= 15 is 0 Å². The van der Waals surface area contributed by atoms with Crippen LogP contribution in [0.2, 0.25) is 0 Å². The van der Waals surface area contributed by atoms with Crippen LogP contribution in [-0.2, 0) is 6.54 Å². The first-order valence-electron chi connectivity index (χ1n) is 6.75. The Bertz CT molecular complexity index is 386. The van der Waals surface area contributed by atoms with E-state index in [-0.39, 0.29) is 11.4 Å². The van der Waals surface area contributed by atoms with Gasteiger partial charge in [-0.1, -0.05) is 18.6 Å². The number of halogens is 1. The molecule has 1 heterocycles. The summed E-state index contributed by atoms with van der Waals surface area (Å²) in [5.74, 6) is -0.150. The molecule has 0 radical (unpaired) electrons. The van der Waals surface area contributed by atoms with E-state index in [9.17, 15) is 4.39 Å². The molecule has 1 fully saturated rings. The van der Waals surface area contributed by atoms with Gasteiger partial charge in [0.05, 0.1) is 0 Å². The molecule has 18 heavy (non-hydrogen) atoms. The normalized spacial score (nSPS) is 24.4. The van der Waals surface area contributed by atoms with Crippen molar-refractivity contribution in [1.29, 1.82) is 0 Å². The third kappa shape index (κ3) is 3.79. The van der Waals surface area contributed by atoms with Gasteiger partial charge in [-0.3, -0.25) is 0 Å². The Balaban J connectivity index is 1.90. The van der Waals surface area contributed by atoms with Gasteiger partial charge in [0.1, 0.15) is 5.82 Å². The zero-order valence-corrected chi connectivity index (χ0v) is 11.4. The second-order valence-corrected chi connectivity index (χ2v) is 5.75. The van der Waals surface area contributed by atoms with Crippen molar-refractivity contribution in [2.24, 2.45) is 0 Å². The van der Waals surface area contributed by atoms with Gasteiger partial charge in [0.2, 0.25) is 0 Å². The standard InChI is InChI=1S/C15H23FN2/c1-15(8-3-4-9-17-15)12-18(2)11-13-6-5-7-14(16)10-13/h5-7,10,17H,3-4,8-9,11-12H2,1-2H3. The van der Waals surface area contributed by atoms with Crippen molar-refractivity contribution in [1.82, 2.24) is 10.2 Å². The molecule has 2 nitrogen and oxygen atoms in total. The van der Waals surface area contributed by atoms with E-state index in [2.05, 4.69) is 24.2 Å². The molecule has 0 aliphatic carbocycles. The maximum absolute atomic E-state index is 13.1. The first-order chi connectivity index (χ1) is 8.57. The van der Waals surface area contributed by atoms with E-state index in [1.54, 1.807) is 12.1 Å². The summed E-state index contributed by atoms with van der Waals surface area (Å²) in [6.45, 7) is 5.21. The number of benzene rings is 1. The second-order valence-electron chi connectivity index (χ2n) is 5.75. The first-order valence-corrected chi connectivity index (χ1v) is 6.75. The molecule has 1 aliphatic heterocycles. The van der Waals surface area contributed by atoms with Gasteiger partial charge >= 0.3 is 0 Å². The van der Waals surface area contributed by atoms with E-state index in [4.69, 9.17) is 0 Å². The molecule has 0 aromatic heterocycles. The minimum absolute atomic E-state index is 0.150. The van der Waals surface area contributed by atoms with Crippen LogP contribution >= 0.6 is 0 Å². The predicted octanol–water partition coefficient (Wildman–Crippen LogP) is 2.79. The number of hydrogen-bond acceptors (Lipinski definition) is 2. The van der Waals surface area contributed by atoms with Crippen molar-refractivity contribution in [2.75, 3.05) is 20.1 Å². The van der Waals surface area contributed by atoms with Gasteiger partial charge in [-0.2, -0.15) is 0 Å². The van der Waals surface area contributed by atoms with Crippen LogP contribution in [-0.4, -0.2) is 30.6 Å². The quantitative estimate of drug-likeness (QED) is 0.884. The van der Waals surface area contributed by atoms with Crippen molar-refractivity contribution in [2.45, 2.75) is 38.3 Å².